The molecule has 0 aromatic heterocycles. The lowest BCUT2D eigenvalue weighted by molar-refractivity contribution is -0.156. The summed E-state index contributed by atoms with van der Waals surface area (Å²) >= 11 is 0. The number of nitrogens with one attached hydrogen (secondary N) is 4. The van der Waals surface area contributed by atoms with Crippen molar-refractivity contribution in [1.29, 1.82) is 0 Å². The average Bonchev–Trinajstić information content (AvgIpc) is 3.38. The number of nitrogens with zero attached hydrogens (tertiary/aromatic N) is 1. The lowest BCUT2D eigenvalue weighted by atomic mass is 9.79. The molecule has 1 aliphatic carbocycles. The van der Waals surface area contributed by atoms with Crippen LogP contribution in [0.2, 0.25) is 0 Å². The van der Waals surface area contributed by atoms with Crippen molar-refractivity contribution in [2.24, 2.45) is 34.6 Å². The lowest BCUT2D eigenvalue weighted by Gasteiger charge is -2.35. The molecule has 8 atom stereocenters. The molecule has 4 bridgehead atoms. The van der Waals surface area contributed by atoms with Crippen molar-refractivity contribution in [3.63, 3.8) is 0 Å². The normalized spacial score (nSPS) is 31.8. The Morgan fingerprint density at radius 1 is 0.981 bits per heavy atom. The van der Waals surface area contributed by atoms with E-state index in [9.17, 15) is 29.4 Å². The fourth-order valence-electron chi connectivity index (χ4n) is 8.33. The molecule has 1 saturated heterocycles. The van der Waals surface area contributed by atoms with Crippen LogP contribution in [0.3, 0.4) is 0 Å². The number of aliphatic hydroxyl groups excluding tert-OH is 1. The summed E-state index contributed by atoms with van der Waals surface area (Å²) in [5.41, 5.74) is 1.30. The third kappa shape index (κ3) is 8.48. The highest BCUT2D eigenvalue weighted by Gasteiger charge is 2.44. The van der Waals surface area contributed by atoms with Crippen LogP contribution in [0.15, 0.2) is 40.2 Å². The van der Waals surface area contributed by atoms with Crippen molar-refractivity contribution in [2.75, 3.05) is 26.9 Å². The molecule has 3 heterocycles. The van der Waals surface area contributed by atoms with Gasteiger partial charge in [0.15, 0.2) is 5.78 Å². The van der Waals surface area contributed by atoms with Crippen LogP contribution in [0.5, 0.6) is 11.5 Å². The highest BCUT2D eigenvalue weighted by Crippen LogP contribution is 2.44. The van der Waals surface area contributed by atoms with Crippen LogP contribution in [0.1, 0.15) is 105 Å². The van der Waals surface area contributed by atoms with Gasteiger partial charge in [-0.25, -0.2) is 0 Å². The van der Waals surface area contributed by atoms with E-state index in [4.69, 9.17) is 14.5 Å². The molecule has 0 radical (unpaired) electrons. The molecule has 6 N–H and O–H groups in total. The highest BCUT2D eigenvalue weighted by molar-refractivity contribution is 6.33. The van der Waals surface area contributed by atoms with Gasteiger partial charge >= 0.3 is 5.97 Å². The van der Waals surface area contributed by atoms with E-state index < -0.39 is 36.0 Å². The number of ether oxygens (including phenoxy) is 2. The Hall–Kier alpha value is -4.33. The van der Waals surface area contributed by atoms with E-state index in [0.29, 0.717) is 49.5 Å². The van der Waals surface area contributed by atoms with Gasteiger partial charge < -0.3 is 41.0 Å². The molecule has 294 valence electrons. The van der Waals surface area contributed by atoms with E-state index in [2.05, 4.69) is 21.3 Å². The zero-order valence-electron chi connectivity index (χ0n) is 32.8. The number of phenolic OH excluding ortho intramolecular Hbond substituents is 1. The van der Waals surface area contributed by atoms with Crippen molar-refractivity contribution in [3.8, 4) is 11.5 Å². The van der Waals surface area contributed by atoms with Crippen LogP contribution in [-0.4, -0.2) is 84.6 Å². The second kappa shape index (κ2) is 17.4. The number of esters is 1. The van der Waals surface area contributed by atoms with Gasteiger partial charge in [-0.15, -0.1) is 0 Å². The third-order valence-corrected chi connectivity index (χ3v) is 11.4. The predicted octanol–water partition coefficient (Wildman–Crippen LogP) is 4.20. The fraction of sp³-hybridized carbons (Fsp3) is 0.585. The number of ketones is 2. The molecule has 3 aliphatic heterocycles. The van der Waals surface area contributed by atoms with Crippen molar-refractivity contribution >= 4 is 29.2 Å². The first-order valence-electron chi connectivity index (χ1n) is 19.2. The van der Waals surface area contributed by atoms with Gasteiger partial charge in [-0.05, 0) is 63.8 Å². The maximum atomic E-state index is 14.5. The second-order valence-corrected chi connectivity index (χ2v) is 15.6. The summed E-state index contributed by atoms with van der Waals surface area (Å²) in [6, 6.07) is 0. The van der Waals surface area contributed by atoms with Gasteiger partial charge in [0.05, 0.1) is 35.7 Å². The van der Waals surface area contributed by atoms with Crippen LogP contribution >= 0.6 is 0 Å². The molecular formula is C41H57N5O8. The molecule has 0 saturated carbocycles. The summed E-state index contributed by atoms with van der Waals surface area (Å²) in [5, 5.41) is 36.0. The summed E-state index contributed by atoms with van der Waals surface area (Å²) in [5.74, 6) is -2.75. The second-order valence-electron chi connectivity index (χ2n) is 15.6. The molecule has 1 fully saturated rings. The topological polar surface area (TPSA) is 188 Å². The van der Waals surface area contributed by atoms with Crippen molar-refractivity contribution < 1.29 is 38.9 Å². The van der Waals surface area contributed by atoms with E-state index in [1.807, 2.05) is 33.8 Å². The Morgan fingerprint density at radius 3 is 2.43 bits per heavy atom. The standard InChI is InChI=1S/C41H57N5O8/c1-20-11-9-13-22(3)41(52)46-34-33-32(44-40(45-33)27-15-16-42-19-43-18-27)30-29(39(53-8)25(6)36(50)31(30)37(34)51)28(48)14-10-12-21(2)38(54-26(7)47)24(5)35(49)23(4)17-20/h9,11,13,20-21,23-24,27,35,38,40,42-43,45,49-50H,10,12,14-19H2,1-8H3,(H,46,52)/b11-9+,22-13-/t20-,21+,23+,24+,27?,35+,38+,40?/m0/s1. The summed E-state index contributed by atoms with van der Waals surface area (Å²) in [4.78, 5) is 60.0. The summed E-state index contributed by atoms with van der Waals surface area (Å²) in [7, 11) is 1.41. The Bertz CT molecular complexity index is 1770. The number of aliphatic imine (C=N–C) groups is 1. The molecule has 4 aliphatic rings. The monoisotopic (exact) mass is 747 g/mol. The molecule has 13 heteroatoms. The Labute approximate surface area is 318 Å². The number of hydrogen-bond acceptors (Lipinski definition) is 12. The molecule has 2 unspecified atom stereocenters. The van der Waals surface area contributed by atoms with Crippen LogP contribution in [0, 0.1) is 36.5 Å². The van der Waals surface area contributed by atoms with E-state index >= 15 is 0 Å². The maximum absolute atomic E-state index is 14.5. The number of amides is 1. The zero-order chi connectivity index (χ0) is 39.4. The van der Waals surface area contributed by atoms with E-state index in [1.165, 1.54) is 14.0 Å². The summed E-state index contributed by atoms with van der Waals surface area (Å²) in [6.07, 6.45) is 5.98. The maximum Gasteiger partial charge on any atom is 0.302 e. The molecule has 0 spiro atoms. The van der Waals surface area contributed by atoms with Crippen LogP contribution in [0.25, 0.3) is 0 Å². The van der Waals surface area contributed by atoms with Gasteiger partial charge in [-0.2, -0.15) is 0 Å². The van der Waals surface area contributed by atoms with Crippen LogP contribution < -0.4 is 26.0 Å². The van der Waals surface area contributed by atoms with Gasteiger partial charge in [-0.3, -0.25) is 24.2 Å². The number of phenols is 1. The molecule has 13 nitrogen and oxygen atoms in total. The smallest absolute Gasteiger partial charge is 0.302 e. The largest absolute Gasteiger partial charge is 0.507 e. The minimum atomic E-state index is -0.759. The number of rotatable bonds is 3. The van der Waals surface area contributed by atoms with Crippen LogP contribution in [-0.2, 0) is 14.3 Å². The molecular weight excluding hydrogens is 690 g/mol. The fourth-order valence-corrected chi connectivity index (χ4v) is 8.33. The first-order chi connectivity index (χ1) is 25.7. The number of Topliss-reactive ketones (excluding diaryl/α,β-unsaturated/α-hetero) is 2. The van der Waals surface area contributed by atoms with Crippen molar-refractivity contribution in [2.45, 2.75) is 98.9 Å². The summed E-state index contributed by atoms with van der Waals surface area (Å²) in [6.45, 7) is 14.5. The van der Waals surface area contributed by atoms with Gasteiger partial charge in [-0.1, -0.05) is 45.9 Å². The number of benzene rings is 1. The Balaban J connectivity index is 1.65. The number of carbonyl (C=O) groups is 4. The third-order valence-electron chi connectivity index (χ3n) is 11.4. The number of aliphatic hydroxyl groups is 1. The minimum Gasteiger partial charge on any atom is -0.507 e. The van der Waals surface area contributed by atoms with Crippen LogP contribution in [0.4, 0.5) is 0 Å². The molecule has 1 amide bonds. The number of fused-ring (bicyclic) bond motifs is 2. The highest BCUT2D eigenvalue weighted by atomic mass is 16.5. The van der Waals surface area contributed by atoms with Crippen molar-refractivity contribution in [3.05, 3.63) is 57.4 Å². The minimum absolute atomic E-state index is 0.00730. The van der Waals surface area contributed by atoms with Crippen molar-refractivity contribution in [1.82, 2.24) is 21.3 Å². The molecule has 1 aromatic rings. The number of hydrogen-bond donors (Lipinski definition) is 6. The lowest BCUT2D eigenvalue weighted by Crippen LogP contribution is -2.40. The van der Waals surface area contributed by atoms with Gasteiger partial charge in [0, 0.05) is 55.1 Å². The van der Waals surface area contributed by atoms with Gasteiger partial charge in [0.25, 0.3) is 5.91 Å². The van der Waals surface area contributed by atoms with Gasteiger partial charge in [0.1, 0.15) is 29.5 Å². The van der Waals surface area contributed by atoms with E-state index in [0.717, 1.165) is 13.0 Å². The quantitative estimate of drug-likeness (QED) is 0.243. The van der Waals surface area contributed by atoms with E-state index in [1.54, 1.807) is 26.0 Å². The molecule has 5 rings (SSSR count). The van der Waals surface area contributed by atoms with Gasteiger partial charge in [0.2, 0.25) is 5.78 Å². The Kier molecular flexibility index (Phi) is 13.2. The number of allylic oxidation sites excluding steroid dienone is 5. The first-order valence-corrected chi connectivity index (χ1v) is 19.2. The summed E-state index contributed by atoms with van der Waals surface area (Å²) < 4.78 is 11.6. The number of methoxy groups -OCH3 is 1. The first kappa shape index (κ1) is 40.8. The molecule has 1 aromatic carbocycles. The Morgan fingerprint density at radius 2 is 1.72 bits per heavy atom. The number of aromatic hydroxyl groups is 1. The SMILES string of the molecule is COc1c(C)c(O)c2c3c1C(=O)CCC[C@@H](C)[C@@H](OC(C)=O)[C@H](C)[C@H](O)[C@H](C)C[C@@H](C)/C=C/C=C(/C)C(=O)NC(=C1NC(C4CCNCNC4)N=C13)C2=O. The number of carbonyl (C=O) groups excluding carboxylic acids is 4. The predicted molar refractivity (Wildman–Crippen MR) is 205 cm³/mol. The zero-order valence-corrected chi connectivity index (χ0v) is 32.8. The molecule has 54 heavy (non-hydrogen) atoms. The van der Waals surface area contributed by atoms with E-state index in [-0.39, 0.29) is 81.2 Å². The average molecular weight is 748 g/mol.